The van der Waals surface area contributed by atoms with Crippen LogP contribution in [0.25, 0.3) is 0 Å². The van der Waals surface area contributed by atoms with E-state index in [0.29, 0.717) is 17.4 Å². The predicted octanol–water partition coefficient (Wildman–Crippen LogP) is 3.08. The second kappa shape index (κ2) is 5.55. The van der Waals surface area contributed by atoms with Crippen molar-refractivity contribution in [1.29, 1.82) is 0 Å². The number of aliphatic hydroxyl groups is 1. The first-order valence-electron chi connectivity index (χ1n) is 5.10. The number of aliphatic hydroxyl groups excluding tert-OH is 1. The summed E-state index contributed by atoms with van der Waals surface area (Å²) < 4.78 is 11.4. The Morgan fingerprint density at radius 1 is 1.31 bits per heavy atom. The first-order valence-corrected chi connectivity index (χ1v) is 5.90. The van der Waals surface area contributed by atoms with Crippen molar-refractivity contribution >= 4 is 15.9 Å². The summed E-state index contributed by atoms with van der Waals surface area (Å²) in [6.07, 6.45) is 0. The van der Waals surface area contributed by atoms with E-state index in [2.05, 4.69) is 29.8 Å². The number of hydrogen-bond donors (Lipinski definition) is 1. The van der Waals surface area contributed by atoms with E-state index in [4.69, 9.17) is 9.47 Å². The van der Waals surface area contributed by atoms with Gasteiger partial charge < -0.3 is 14.6 Å². The van der Waals surface area contributed by atoms with Crippen LogP contribution in [-0.2, 0) is 6.61 Å². The van der Waals surface area contributed by atoms with E-state index in [-0.39, 0.29) is 6.61 Å². The molecule has 0 atom stereocenters. The highest BCUT2D eigenvalue weighted by Crippen LogP contribution is 2.42. The predicted molar refractivity (Wildman–Crippen MR) is 67.3 cm³/mol. The monoisotopic (exact) mass is 288 g/mol. The maximum absolute atomic E-state index is 9.36. The minimum atomic E-state index is -0.00747. The normalized spacial score (nSPS) is 10.7. The summed E-state index contributed by atoms with van der Waals surface area (Å²) in [5, 5.41) is 9.36. The van der Waals surface area contributed by atoms with Crippen molar-refractivity contribution in [3.63, 3.8) is 0 Å². The van der Waals surface area contributed by atoms with E-state index >= 15 is 0 Å². The van der Waals surface area contributed by atoms with Gasteiger partial charge in [0.15, 0.2) is 11.5 Å². The zero-order valence-electron chi connectivity index (χ0n) is 10.0. The van der Waals surface area contributed by atoms with Crippen LogP contribution in [0.4, 0.5) is 0 Å². The minimum Gasteiger partial charge on any atom is -0.493 e. The quantitative estimate of drug-likeness (QED) is 0.925. The van der Waals surface area contributed by atoms with Crippen molar-refractivity contribution < 1.29 is 14.6 Å². The van der Waals surface area contributed by atoms with Crippen molar-refractivity contribution in [3.8, 4) is 11.5 Å². The summed E-state index contributed by atoms with van der Waals surface area (Å²) in [5.74, 6) is 1.60. The van der Waals surface area contributed by atoms with Crippen LogP contribution in [0.15, 0.2) is 10.5 Å². The molecule has 0 radical (unpaired) electrons. The SMILES string of the molecule is COc1cc(CO)c(C(C)C)c(Br)c1OC. The van der Waals surface area contributed by atoms with Crippen molar-refractivity contribution in [3.05, 3.63) is 21.7 Å². The molecule has 0 aliphatic rings. The summed E-state index contributed by atoms with van der Waals surface area (Å²) in [5.41, 5.74) is 1.92. The van der Waals surface area contributed by atoms with Crippen LogP contribution < -0.4 is 9.47 Å². The number of hydrogen-bond acceptors (Lipinski definition) is 3. The molecule has 0 heterocycles. The fourth-order valence-electron chi connectivity index (χ4n) is 1.77. The van der Waals surface area contributed by atoms with Crippen LogP contribution in [0.5, 0.6) is 11.5 Å². The lowest BCUT2D eigenvalue weighted by molar-refractivity contribution is 0.278. The van der Waals surface area contributed by atoms with Gasteiger partial charge in [-0.3, -0.25) is 0 Å². The summed E-state index contributed by atoms with van der Waals surface area (Å²) in [6.45, 7) is 4.14. The van der Waals surface area contributed by atoms with Gasteiger partial charge >= 0.3 is 0 Å². The maximum atomic E-state index is 9.36. The van der Waals surface area contributed by atoms with E-state index in [1.807, 2.05) is 6.07 Å². The molecule has 90 valence electrons. The number of methoxy groups -OCH3 is 2. The molecular formula is C12H17BrO3. The lowest BCUT2D eigenvalue weighted by Gasteiger charge is -2.18. The topological polar surface area (TPSA) is 38.7 Å². The summed E-state index contributed by atoms with van der Waals surface area (Å²) in [7, 11) is 3.19. The largest absolute Gasteiger partial charge is 0.493 e. The zero-order chi connectivity index (χ0) is 12.3. The Labute approximate surface area is 105 Å². The fourth-order valence-corrected chi connectivity index (χ4v) is 2.84. The summed E-state index contributed by atoms with van der Waals surface area (Å²) in [6, 6.07) is 1.82. The Hall–Kier alpha value is -0.740. The summed E-state index contributed by atoms with van der Waals surface area (Å²) in [4.78, 5) is 0. The third kappa shape index (κ3) is 2.33. The van der Waals surface area contributed by atoms with Crippen molar-refractivity contribution in [2.24, 2.45) is 0 Å². The molecule has 4 heteroatoms. The Morgan fingerprint density at radius 3 is 2.31 bits per heavy atom. The second-order valence-corrected chi connectivity index (χ2v) is 4.60. The number of ether oxygens (including phenoxy) is 2. The van der Waals surface area contributed by atoms with Gasteiger partial charge in [0.1, 0.15) is 0 Å². The third-order valence-electron chi connectivity index (χ3n) is 2.48. The van der Waals surface area contributed by atoms with E-state index in [9.17, 15) is 5.11 Å². The molecule has 0 bridgehead atoms. The molecule has 1 aromatic carbocycles. The molecule has 1 aromatic rings. The Balaban J connectivity index is 3.48. The average Bonchev–Trinajstić information content (AvgIpc) is 2.26. The molecule has 0 saturated carbocycles. The highest BCUT2D eigenvalue weighted by atomic mass is 79.9. The minimum absolute atomic E-state index is 0.00747. The van der Waals surface area contributed by atoms with Gasteiger partial charge in [0.05, 0.1) is 25.3 Å². The van der Waals surface area contributed by atoms with E-state index in [1.165, 1.54) is 0 Å². The highest BCUT2D eigenvalue weighted by molar-refractivity contribution is 9.10. The van der Waals surface area contributed by atoms with Gasteiger partial charge in [-0.1, -0.05) is 13.8 Å². The third-order valence-corrected chi connectivity index (χ3v) is 3.27. The molecule has 0 amide bonds. The van der Waals surface area contributed by atoms with Crippen LogP contribution in [0, 0.1) is 0 Å². The van der Waals surface area contributed by atoms with Gasteiger partial charge in [-0.05, 0) is 39.0 Å². The van der Waals surface area contributed by atoms with Gasteiger partial charge in [0.25, 0.3) is 0 Å². The number of rotatable bonds is 4. The van der Waals surface area contributed by atoms with Gasteiger partial charge in [-0.15, -0.1) is 0 Å². The zero-order valence-corrected chi connectivity index (χ0v) is 11.6. The van der Waals surface area contributed by atoms with Crippen LogP contribution in [0.1, 0.15) is 30.9 Å². The van der Waals surface area contributed by atoms with Gasteiger partial charge in [-0.2, -0.15) is 0 Å². The van der Waals surface area contributed by atoms with Crippen molar-refractivity contribution in [1.82, 2.24) is 0 Å². The van der Waals surface area contributed by atoms with Gasteiger partial charge in [-0.25, -0.2) is 0 Å². The van der Waals surface area contributed by atoms with E-state index in [1.54, 1.807) is 14.2 Å². The fraction of sp³-hybridized carbons (Fsp3) is 0.500. The number of benzene rings is 1. The Bertz CT molecular complexity index is 375. The second-order valence-electron chi connectivity index (χ2n) is 3.81. The highest BCUT2D eigenvalue weighted by Gasteiger charge is 2.19. The van der Waals surface area contributed by atoms with Crippen molar-refractivity contribution in [2.45, 2.75) is 26.4 Å². The molecule has 16 heavy (non-hydrogen) atoms. The van der Waals surface area contributed by atoms with Gasteiger partial charge in [0.2, 0.25) is 0 Å². The molecule has 3 nitrogen and oxygen atoms in total. The molecule has 1 rings (SSSR count). The first-order chi connectivity index (χ1) is 7.56. The van der Waals surface area contributed by atoms with Crippen LogP contribution in [-0.4, -0.2) is 19.3 Å². The molecule has 0 unspecified atom stereocenters. The van der Waals surface area contributed by atoms with E-state index in [0.717, 1.165) is 15.6 Å². The van der Waals surface area contributed by atoms with Crippen LogP contribution in [0.3, 0.4) is 0 Å². The van der Waals surface area contributed by atoms with Crippen LogP contribution >= 0.6 is 15.9 Å². The Kier molecular flexibility index (Phi) is 4.62. The molecule has 0 aliphatic heterocycles. The maximum Gasteiger partial charge on any atom is 0.175 e. The van der Waals surface area contributed by atoms with Gasteiger partial charge in [0, 0.05) is 0 Å². The summed E-state index contributed by atoms with van der Waals surface area (Å²) >= 11 is 3.51. The molecule has 0 spiro atoms. The van der Waals surface area contributed by atoms with Crippen LogP contribution in [0.2, 0.25) is 0 Å². The first kappa shape index (κ1) is 13.3. The molecule has 0 aromatic heterocycles. The molecule has 0 saturated heterocycles. The Morgan fingerprint density at radius 2 is 1.94 bits per heavy atom. The van der Waals surface area contributed by atoms with E-state index < -0.39 is 0 Å². The lowest BCUT2D eigenvalue weighted by atomic mass is 9.97. The average molecular weight is 289 g/mol. The smallest absolute Gasteiger partial charge is 0.175 e. The number of halogens is 1. The molecule has 1 N–H and O–H groups in total. The molecule has 0 fully saturated rings. The van der Waals surface area contributed by atoms with Crippen molar-refractivity contribution in [2.75, 3.05) is 14.2 Å². The standard InChI is InChI=1S/C12H17BrO3/c1-7(2)10-8(6-14)5-9(15-3)12(16-4)11(10)13/h5,7,14H,6H2,1-4H3. The molecular weight excluding hydrogens is 272 g/mol. The molecule has 0 aliphatic carbocycles. The lowest BCUT2D eigenvalue weighted by Crippen LogP contribution is -2.02.